The molecule has 0 bridgehead atoms. The minimum Gasteiger partial charge on any atom is -0.480 e. The summed E-state index contributed by atoms with van der Waals surface area (Å²) in [5.74, 6) is -0.521. The van der Waals surface area contributed by atoms with Crippen LogP contribution in [0, 0.1) is 0 Å². The smallest absolute Gasteiger partial charge is 0.328 e. The van der Waals surface area contributed by atoms with Crippen molar-refractivity contribution in [3.8, 4) is 0 Å². The molecule has 72 valence electrons. The maximum absolute atomic E-state index is 10.8. The molecule has 0 aliphatic carbocycles. The highest BCUT2D eigenvalue weighted by atomic mass is 16.4. The number of carboxylic acid groups (broad SMARTS) is 1. The number of nitrogens with zero attached hydrogens (tertiary/aromatic N) is 2. The van der Waals surface area contributed by atoms with Crippen LogP contribution in [0.3, 0.4) is 0 Å². The molecule has 0 fully saturated rings. The summed E-state index contributed by atoms with van der Waals surface area (Å²) in [6.45, 7) is 1.93. The summed E-state index contributed by atoms with van der Waals surface area (Å²) < 4.78 is 1.39. The molecular formula is C8H13N3O2. The van der Waals surface area contributed by atoms with E-state index < -0.39 is 12.0 Å². The van der Waals surface area contributed by atoms with Crippen LogP contribution in [0.15, 0.2) is 12.3 Å². The number of anilines is 1. The fraction of sp³-hybridized carbons (Fsp3) is 0.500. The molecule has 0 radical (unpaired) electrons. The number of nitrogen functional groups attached to an aromatic ring is 1. The van der Waals surface area contributed by atoms with E-state index in [0.29, 0.717) is 12.2 Å². The summed E-state index contributed by atoms with van der Waals surface area (Å²) in [7, 11) is 0. The maximum Gasteiger partial charge on any atom is 0.328 e. The first-order valence-corrected chi connectivity index (χ1v) is 4.18. The molecule has 5 heteroatoms. The molecule has 0 aliphatic rings. The summed E-state index contributed by atoms with van der Waals surface area (Å²) in [5, 5.41) is 12.7. The standard InChI is InChI=1S/C8H13N3O2/c1-2-3-6(8(12)13)11-5-4-7(9)10-11/h4-6H,2-3H2,1H3,(H2,9,10)(H,12,13)/t6-/m1/s1. The zero-order valence-electron chi connectivity index (χ0n) is 7.47. The van der Waals surface area contributed by atoms with E-state index in [4.69, 9.17) is 10.8 Å². The van der Waals surface area contributed by atoms with Gasteiger partial charge >= 0.3 is 5.97 Å². The zero-order chi connectivity index (χ0) is 9.84. The molecule has 0 saturated heterocycles. The van der Waals surface area contributed by atoms with Crippen LogP contribution in [0.2, 0.25) is 0 Å². The van der Waals surface area contributed by atoms with Crippen LogP contribution < -0.4 is 5.73 Å². The van der Waals surface area contributed by atoms with Gasteiger partial charge in [-0.1, -0.05) is 13.3 Å². The van der Waals surface area contributed by atoms with Gasteiger partial charge in [-0.05, 0) is 12.5 Å². The van der Waals surface area contributed by atoms with Crippen molar-refractivity contribution in [1.29, 1.82) is 0 Å². The monoisotopic (exact) mass is 183 g/mol. The Morgan fingerprint density at radius 2 is 2.54 bits per heavy atom. The molecule has 1 aromatic heterocycles. The number of hydrogen-bond donors (Lipinski definition) is 2. The van der Waals surface area contributed by atoms with Crippen molar-refractivity contribution in [3.63, 3.8) is 0 Å². The SMILES string of the molecule is CCC[C@H](C(=O)O)n1ccc(N)n1. The molecule has 1 heterocycles. The highest BCUT2D eigenvalue weighted by molar-refractivity contribution is 5.71. The van der Waals surface area contributed by atoms with Crippen LogP contribution in [0.1, 0.15) is 25.8 Å². The van der Waals surface area contributed by atoms with Gasteiger partial charge in [-0.25, -0.2) is 4.79 Å². The molecule has 1 aromatic rings. The van der Waals surface area contributed by atoms with Crippen LogP contribution in [0.25, 0.3) is 0 Å². The Bertz CT molecular complexity index is 295. The average Bonchev–Trinajstić information content (AvgIpc) is 2.46. The van der Waals surface area contributed by atoms with E-state index in [2.05, 4.69) is 5.10 Å². The third-order valence-corrected chi connectivity index (χ3v) is 1.80. The van der Waals surface area contributed by atoms with Gasteiger partial charge in [0.25, 0.3) is 0 Å². The first-order chi connectivity index (χ1) is 6.15. The van der Waals surface area contributed by atoms with Gasteiger partial charge in [0.15, 0.2) is 0 Å². The fourth-order valence-electron chi connectivity index (χ4n) is 1.17. The Labute approximate surface area is 76.2 Å². The van der Waals surface area contributed by atoms with Crippen LogP contribution in [-0.2, 0) is 4.79 Å². The highest BCUT2D eigenvalue weighted by Gasteiger charge is 2.18. The Kier molecular flexibility index (Phi) is 2.89. The number of hydrogen-bond acceptors (Lipinski definition) is 3. The Morgan fingerprint density at radius 3 is 2.92 bits per heavy atom. The molecular weight excluding hydrogens is 170 g/mol. The molecule has 1 atom stereocenters. The molecule has 0 aromatic carbocycles. The van der Waals surface area contributed by atoms with Crippen molar-refractivity contribution in [2.75, 3.05) is 5.73 Å². The van der Waals surface area contributed by atoms with E-state index in [0.717, 1.165) is 6.42 Å². The second kappa shape index (κ2) is 3.93. The quantitative estimate of drug-likeness (QED) is 0.726. The molecule has 0 spiro atoms. The lowest BCUT2D eigenvalue weighted by atomic mass is 10.2. The number of carbonyl (C=O) groups is 1. The first-order valence-electron chi connectivity index (χ1n) is 4.18. The molecule has 0 saturated carbocycles. The molecule has 3 N–H and O–H groups in total. The highest BCUT2D eigenvalue weighted by Crippen LogP contribution is 2.13. The fourth-order valence-corrected chi connectivity index (χ4v) is 1.17. The zero-order valence-corrected chi connectivity index (χ0v) is 7.47. The third kappa shape index (κ3) is 2.21. The Morgan fingerprint density at radius 1 is 1.85 bits per heavy atom. The predicted molar refractivity (Wildman–Crippen MR) is 48.2 cm³/mol. The van der Waals surface area contributed by atoms with Crippen molar-refractivity contribution in [2.24, 2.45) is 0 Å². The molecule has 13 heavy (non-hydrogen) atoms. The normalized spacial score (nSPS) is 12.7. The molecule has 0 amide bonds. The average molecular weight is 183 g/mol. The number of aromatic nitrogens is 2. The summed E-state index contributed by atoms with van der Waals surface area (Å²) >= 11 is 0. The molecule has 0 unspecified atom stereocenters. The topological polar surface area (TPSA) is 81.1 Å². The minimum atomic E-state index is -0.870. The predicted octanol–water partition coefficient (Wildman–Crippen LogP) is 0.891. The van der Waals surface area contributed by atoms with E-state index >= 15 is 0 Å². The van der Waals surface area contributed by atoms with E-state index in [9.17, 15) is 4.79 Å². The molecule has 5 nitrogen and oxygen atoms in total. The Hall–Kier alpha value is -1.52. The number of nitrogens with two attached hydrogens (primary N) is 1. The van der Waals surface area contributed by atoms with Gasteiger partial charge in [-0.2, -0.15) is 5.10 Å². The minimum absolute atomic E-state index is 0.349. The van der Waals surface area contributed by atoms with Crippen molar-refractivity contribution in [3.05, 3.63) is 12.3 Å². The van der Waals surface area contributed by atoms with Gasteiger partial charge in [0, 0.05) is 6.20 Å². The summed E-state index contributed by atoms with van der Waals surface area (Å²) in [6, 6.07) is 0.994. The van der Waals surface area contributed by atoms with Gasteiger partial charge in [-0.15, -0.1) is 0 Å². The lowest BCUT2D eigenvalue weighted by Crippen LogP contribution is -2.19. The van der Waals surface area contributed by atoms with E-state index in [1.54, 1.807) is 12.3 Å². The second-order valence-corrected chi connectivity index (χ2v) is 2.86. The van der Waals surface area contributed by atoms with E-state index in [1.807, 2.05) is 6.92 Å². The van der Waals surface area contributed by atoms with Crippen LogP contribution in [0.5, 0.6) is 0 Å². The number of rotatable bonds is 4. The third-order valence-electron chi connectivity index (χ3n) is 1.80. The van der Waals surface area contributed by atoms with Crippen molar-refractivity contribution < 1.29 is 9.90 Å². The van der Waals surface area contributed by atoms with Gasteiger partial charge < -0.3 is 10.8 Å². The second-order valence-electron chi connectivity index (χ2n) is 2.86. The summed E-state index contributed by atoms with van der Waals surface area (Å²) in [4.78, 5) is 10.8. The molecule has 0 aliphatic heterocycles. The van der Waals surface area contributed by atoms with Gasteiger partial charge in [-0.3, -0.25) is 4.68 Å². The van der Waals surface area contributed by atoms with Crippen LogP contribution in [0.4, 0.5) is 5.82 Å². The number of aliphatic carboxylic acids is 1. The van der Waals surface area contributed by atoms with E-state index in [-0.39, 0.29) is 0 Å². The van der Waals surface area contributed by atoms with Crippen molar-refractivity contribution >= 4 is 11.8 Å². The largest absolute Gasteiger partial charge is 0.480 e. The van der Waals surface area contributed by atoms with Gasteiger partial charge in [0.2, 0.25) is 0 Å². The lowest BCUT2D eigenvalue weighted by Gasteiger charge is -2.10. The Balaban J connectivity index is 2.81. The van der Waals surface area contributed by atoms with Crippen molar-refractivity contribution in [2.45, 2.75) is 25.8 Å². The van der Waals surface area contributed by atoms with Gasteiger partial charge in [0.05, 0.1) is 0 Å². The maximum atomic E-state index is 10.8. The lowest BCUT2D eigenvalue weighted by molar-refractivity contribution is -0.141. The summed E-state index contributed by atoms with van der Waals surface area (Å²) in [5.41, 5.74) is 5.39. The van der Waals surface area contributed by atoms with Crippen LogP contribution in [-0.4, -0.2) is 20.9 Å². The van der Waals surface area contributed by atoms with E-state index in [1.165, 1.54) is 4.68 Å². The summed E-state index contributed by atoms with van der Waals surface area (Å²) in [6.07, 6.45) is 2.96. The van der Waals surface area contributed by atoms with Gasteiger partial charge in [0.1, 0.15) is 11.9 Å². The first kappa shape index (κ1) is 9.57. The van der Waals surface area contributed by atoms with Crippen LogP contribution >= 0.6 is 0 Å². The molecule has 1 rings (SSSR count). The van der Waals surface area contributed by atoms with Crippen molar-refractivity contribution in [1.82, 2.24) is 9.78 Å². The number of carboxylic acids is 1.